The average Bonchev–Trinajstić information content (AvgIpc) is 3.18. The lowest BCUT2D eigenvalue weighted by Gasteiger charge is -2.08. The van der Waals surface area contributed by atoms with Crippen LogP contribution in [0.1, 0.15) is 5.69 Å². The summed E-state index contributed by atoms with van der Waals surface area (Å²) in [5, 5.41) is 13.6. The number of rotatable bonds is 4. The molecule has 0 fully saturated rings. The van der Waals surface area contributed by atoms with Crippen LogP contribution < -0.4 is 5.56 Å². The molecule has 2 aromatic carbocycles. The van der Waals surface area contributed by atoms with Gasteiger partial charge in [-0.3, -0.25) is 9.78 Å². The first-order valence-electron chi connectivity index (χ1n) is 9.44. The quantitative estimate of drug-likeness (QED) is 0.397. The highest BCUT2D eigenvalue weighted by atomic mass is 35.5. The Balaban J connectivity index is 0.00000218. The van der Waals surface area contributed by atoms with Crippen LogP contribution in [0.25, 0.3) is 32.1 Å². The van der Waals surface area contributed by atoms with Crippen molar-refractivity contribution in [2.45, 2.75) is 13.0 Å². The number of phenols is 1. The fourth-order valence-corrected chi connectivity index (χ4v) is 4.58. The van der Waals surface area contributed by atoms with Crippen LogP contribution in [0.15, 0.2) is 83.1 Å². The highest BCUT2D eigenvalue weighted by molar-refractivity contribution is 7.17. The molecule has 0 aliphatic carbocycles. The standard InChI is InChI=1S/C24H18N2O2S.ClH/c27-19-6-3-5-17(14-19)20-15-29-22-11-13-26(24(28)23(20)22)12-10-18-9-8-16-4-1-2-7-21(16)25-18;/h1-9,11,13-15,27H,10,12H2;1H. The Bertz CT molecular complexity index is 1410. The minimum atomic E-state index is -0.0112. The molecule has 5 rings (SSSR count). The maximum absolute atomic E-state index is 13.2. The van der Waals surface area contributed by atoms with Crippen molar-refractivity contribution in [1.82, 2.24) is 9.55 Å². The largest absolute Gasteiger partial charge is 0.508 e. The highest BCUT2D eigenvalue weighted by Crippen LogP contribution is 2.33. The van der Waals surface area contributed by atoms with Crippen LogP contribution in [0.2, 0.25) is 0 Å². The summed E-state index contributed by atoms with van der Waals surface area (Å²) in [5.41, 5.74) is 3.64. The molecule has 30 heavy (non-hydrogen) atoms. The number of aromatic hydroxyl groups is 1. The van der Waals surface area contributed by atoms with E-state index in [0.717, 1.165) is 32.4 Å². The number of halogens is 1. The van der Waals surface area contributed by atoms with Crippen molar-refractivity contribution in [2.75, 3.05) is 0 Å². The molecule has 0 atom stereocenters. The van der Waals surface area contributed by atoms with E-state index >= 15 is 0 Å². The van der Waals surface area contributed by atoms with Crippen LogP contribution in [0, 0.1) is 0 Å². The van der Waals surface area contributed by atoms with Crippen molar-refractivity contribution in [3.05, 3.63) is 94.4 Å². The van der Waals surface area contributed by atoms with Crippen LogP contribution in [0.3, 0.4) is 0 Å². The fourth-order valence-electron chi connectivity index (χ4n) is 3.63. The predicted octanol–water partition coefficient (Wildman–Crippen LogP) is 5.65. The summed E-state index contributed by atoms with van der Waals surface area (Å²) in [6.07, 6.45) is 2.54. The molecule has 0 saturated carbocycles. The lowest BCUT2D eigenvalue weighted by molar-refractivity contribution is 0.475. The van der Waals surface area contributed by atoms with Gasteiger partial charge >= 0.3 is 0 Å². The maximum atomic E-state index is 13.2. The van der Waals surface area contributed by atoms with Crippen molar-refractivity contribution >= 4 is 44.7 Å². The molecule has 6 heteroatoms. The Morgan fingerprint density at radius 1 is 1.00 bits per heavy atom. The van der Waals surface area contributed by atoms with Gasteiger partial charge in [0.15, 0.2) is 0 Å². The highest BCUT2D eigenvalue weighted by Gasteiger charge is 2.12. The third-order valence-electron chi connectivity index (χ3n) is 5.12. The smallest absolute Gasteiger partial charge is 0.259 e. The summed E-state index contributed by atoms with van der Waals surface area (Å²) in [6, 6.07) is 21.1. The molecular formula is C24H19ClN2O2S. The molecule has 3 heterocycles. The maximum Gasteiger partial charge on any atom is 0.259 e. The second-order valence-electron chi connectivity index (χ2n) is 7.00. The SMILES string of the molecule is Cl.O=c1c2c(-c3cccc(O)c3)csc2ccn1CCc1ccc2ccccc2n1. The molecule has 3 aromatic heterocycles. The first kappa shape index (κ1) is 20.1. The molecule has 0 aliphatic heterocycles. The third-order valence-corrected chi connectivity index (χ3v) is 6.07. The van der Waals surface area contributed by atoms with Gasteiger partial charge in [-0.1, -0.05) is 36.4 Å². The monoisotopic (exact) mass is 434 g/mol. The second kappa shape index (κ2) is 8.30. The first-order chi connectivity index (χ1) is 14.2. The van der Waals surface area contributed by atoms with Crippen LogP contribution >= 0.6 is 23.7 Å². The van der Waals surface area contributed by atoms with Gasteiger partial charge in [0.05, 0.1) is 10.9 Å². The number of hydrogen-bond donors (Lipinski definition) is 1. The van der Waals surface area contributed by atoms with E-state index in [1.807, 2.05) is 54.0 Å². The zero-order valence-corrected chi connectivity index (χ0v) is 17.6. The average molecular weight is 435 g/mol. The molecule has 150 valence electrons. The third kappa shape index (κ3) is 3.70. The van der Waals surface area contributed by atoms with E-state index in [4.69, 9.17) is 4.98 Å². The van der Waals surface area contributed by atoms with Gasteiger partial charge in [0, 0.05) is 45.9 Å². The topological polar surface area (TPSA) is 55.1 Å². The van der Waals surface area contributed by atoms with Gasteiger partial charge in [0.2, 0.25) is 0 Å². The van der Waals surface area contributed by atoms with Crippen LogP contribution in [-0.2, 0) is 13.0 Å². The summed E-state index contributed by atoms with van der Waals surface area (Å²) in [4.78, 5) is 17.9. The van der Waals surface area contributed by atoms with Gasteiger partial charge < -0.3 is 9.67 Å². The van der Waals surface area contributed by atoms with E-state index in [0.29, 0.717) is 18.4 Å². The zero-order valence-electron chi connectivity index (χ0n) is 16.0. The van der Waals surface area contributed by atoms with Crippen molar-refractivity contribution in [3.63, 3.8) is 0 Å². The molecule has 0 radical (unpaired) electrons. The predicted molar refractivity (Wildman–Crippen MR) is 126 cm³/mol. The Morgan fingerprint density at radius 3 is 2.73 bits per heavy atom. The fraction of sp³-hybridized carbons (Fsp3) is 0.0833. The summed E-state index contributed by atoms with van der Waals surface area (Å²) in [6.45, 7) is 0.565. The Hall–Kier alpha value is -3.15. The zero-order chi connectivity index (χ0) is 19.8. The Kier molecular flexibility index (Phi) is 5.57. The van der Waals surface area contributed by atoms with Gasteiger partial charge in [-0.25, -0.2) is 0 Å². The number of hydrogen-bond acceptors (Lipinski definition) is 4. The molecular weight excluding hydrogens is 416 g/mol. The van der Waals surface area contributed by atoms with Crippen molar-refractivity contribution < 1.29 is 5.11 Å². The molecule has 0 aliphatic rings. The van der Waals surface area contributed by atoms with Crippen molar-refractivity contribution in [3.8, 4) is 16.9 Å². The van der Waals surface area contributed by atoms with Crippen LogP contribution in [-0.4, -0.2) is 14.7 Å². The van der Waals surface area contributed by atoms with Gasteiger partial charge in [-0.15, -0.1) is 23.7 Å². The Morgan fingerprint density at radius 2 is 1.87 bits per heavy atom. The van der Waals surface area contributed by atoms with Crippen molar-refractivity contribution in [1.29, 1.82) is 0 Å². The van der Waals surface area contributed by atoms with E-state index in [-0.39, 0.29) is 23.7 Å². The lowest BCUT2D eigenvalue weighted by Crippen LogP contribution is -2.20. The van der Waals surface area contributed by atoms with E-state index in [2.05, 4.69) is 6.07 Å². The number of thiophene rings is 1. The molecule has 0 spiro atoms. The number of pyridine rings is 2. The summed E-state index contributed by atoms with van der Waals surface area (Å²) < 4.78 is 2.70. The minimum absolute atomic E-state index is 0. The number of para-hydroxylation sites is 1. The van der Waals surface area contributed by atoms with E-state index in [1.54, 1.807) is 34.1 Å². The summed E-state index contributed by atoms with van der Waals surface area (Å²) in [7, 11) is 0. The van der Waals surface area contributed by atoms with Gasteiger partial charge in [0.1, 0.15) is 5.75 Å². The number of phenolic OH excluding ortho intramolecular Hbond substituents is 1. The lowest BCUT2D eigenvalue weighted by atomic mass is 10.1. The van der Waals surface area contributed by atoms with Gasteiger partial charge in [-0.2, -0.15) is 0 Å². The molecule has 0 amide bonds. The van der Waals surface area contributed by atoms with E-state index < -0.39 is 0 Å². The number of benzene rings is 2. The summed E-state index contributed by atoms with van der Waals surface area (Å²) in [5.74, 6) is 0.195. The first-order valence-corrected chi connectivity index (χ1v) is 10.3. The number of fused-ring (bicyclic) bond motifs is 2. The summed E-state index contributed by atoms with van der Waals surface area (Å²) >= 11 is 1.55. The number of nitrogens with zero attached hydrogens (tertiary/aromatic N) is 2. The normalized spacial score (nSPS) is 10.9. The molecule has 0 bridgehead atoms. The van der Waals surface area contributed by atoms with Crippen LogP contribution in [0.5, 0.6) is 5.75 Å². The van der Waals surface area contributed by atoms with E-state index in [1.165, 1.54) is 0 Å². The number of aryl methyl sites for hydroxylation is 2. The van der Waals surface area contributed by atoms with E-state index in [9.17, 15) is 9.90 Å². The van der Waals surface area contributed by atoms with Gasteiger partial charge in [-0.05, 0) is 35.9 Å². The molecule has 0 unspecified atom stereocenters. The van der Waals surface area contributed by atoms with Crippen LogP contribution in [0.4, 0.5) is 0 Å². The molecule has 5 aromatic rings. The second-order valence-corrected chi connectivity index (χ2v) is 7.91. The Labute approximate surface area is 183 Å². The van der Waals surface area contributed by atoms with Gasteiger partial charge in [0.25, 0.3) is 5.56 Å². The molecule has 0 saturated heterocycles. The minimum Gasteiger partial charge on any atom is -0.508 e. The molecule has 4 nitrogen and oxygen atoms in total. The van der Waals surface area contributed by atoms with Crippen molar-refractivity contribution in [2.24, 2.45) is 0 Å². The number of aromatic nitrogens is 2. The molecule has 1 N–H and O–H groups in total.